The van der Waals surface area contributed by atoms with Crippen LogP contribution in [-0.4, -0.2) is 19.1 Å². The summed E-state index contributed by atoms with van der Waals surface area (Å²) in [4.78, 5) is 4.21. The first-order chi connectivity index (χ1) is 9.13. The Hall–Kier alpha value is -2.04. The number of hydrogen-bond donors (Lipinski definition) is 1. The normalized spacial score (nSPS) is 10.5. The molecule has 1 aromatic carbocycles. The van der Waals surface area contributed by atoms with Crippen LogP contribution >= 0.6 is 0 Å². The van der Waals surface area contributed by atoms with Crippen LogP contribution in [0.4, 0.5) is 10.4 Å². The Bertz CT molecular complexity index is 567. The van der Waals surface area contributed by atoms with Gasteiger partial charge in [0.2, 0.25) is 0 Å². The minimum atomic E-state index is -0.342. The third-order valence-electron chi connectivity index (χ3n) is 2.96. The first-order valence-electron chi connectivity index (χ1n) is 6.10. The average Bonchev–Trinajstić information content (AvgIpc) is 2.77. The SMILES string of the molecule is CNc1nc(C)c(CCc2ccc(OC)c(F)c2)o1. The number of anilines is 1. The van der Waals surface area contributed by atoms with E-state index in [1.54, 1.807) is 13.1 Å². The molecule has 0 aliphatic rings. The van der Waals surface area contributed by atoms with Crippen LogP contribution < -0.4 is 10.1 Å². The van der Waals surface area contributed by atoms with Crippen LogP contribution in [0, 0.1) is 12.7 Å². The van der Waals surface area contributed by atoms with Crippen LogP contribution in [0.25, 0.3) is 0 Å². The summed E-state index contributed by atoms with van der Waals surface area (Å²) in [5.74, 6) is 0.739. The number of benzene rings is 1. The van der Waals surface area contributed by atoms with Gasteiger partial charge in [-0.3, -0.25) is 0 Å². The van der Waals surface area contributed by atoms with Gasteiger partial charge in [-0.25, -0.2) is 4.39 Å². The van der Waals surface area contributed by atoms with E-state index in [1.807, 2.05) is 13.0 Å². The molecule has 2 rings (SSSR count). The maximum atomic E-state index is 13.5. The molecule has 1 heterocycles. The van der Waals surface area contributed by atoms with Gasteiger partial charge in [-0.15, -0.1) is 0 Å². The molecule has 1 N–H and O–H groups in total. The molecule has 0 unspecified atom stereocenters. The van der Waals surface area contributed by atoms with Gasteiger partial charge in [0.05, 0.1) is 12.8 Å². The molecule has 19 heavy (non-hydrogen) atoms. The van der Waals surface area contributed by atoms with Crippen molar-refractivity contribution in [2.24, 2.45) is 0 Å². The Kier molecular flexibility index (Phi) is 4.04. The number of hydrogen-bond acceptors (Lipinski definition) is 4. The summed E-state index contributed by atoms with van der Waals surface area (Å²) in [6, 6.07) is 5.49. The molecular weight excluding hydrogens is 247 g/mol. The number of aryl methyl sites for hydroxylation is 3. The number of nitrogens with zero attached hydrogens (tertiary/aromatic N) is 1. The van der Waals surface area contributed by atoms with Gasteiger partial charge in [0.1, 0.15) is 5.76 Å². The van der Waals surface area contributed by atoms with Crippen LogP contribution in [0.2, 0.25) is 0 Å². The first-order valence-corrected chi connectivity index (χ1v) is 6.10. The van der Waals surface area contributed by atoms with Gasteiger partial charge in [-0.2, -0.15) is 4.98 Å². The zero-order chi connectivity index (χ0) is 13.8. The van der Waals surface area contributed by atoms with Crippen molar-refractivity contribution in [3.05, 3.63) is 41.0 Å². The van der Waals surface area contributed by atoms with E-state index in [4.69, 9.17) is 9.15 Å². The van der Waals surface area contributed by atoms with Crippen molar-refractivity contribution >= 4 is 6.01 Å². The van der Waals surface area contributed by atoms with Crippen molar-refractivity contribution in [1.82, 2.24) is 4.98 Å². The molecule has 0 fully saturated rings. The molecule has 102 valence electrons. The Morgan fingerprint density at radius 3 is 2.74 bits per heavy atom. The van der Waals surface area contributed by atoms with Gasteiger partial charge < -0.3 is 14.5 Å². The van der Waals surface area contributed by atoms with Crippen LogP contribution in [0.15, 0.2) is 22.6 Å². The fourth-order valence-electron chi connectivity index (χ4n) is 1.89. The molecule has 0 amide bonds. The lowest BCUT2D eigenvalue weighted by atomic mass is 10.1. The summed E-state index contributed by atoms with van der Waals surface area (Å²) in [6.45, 7) is 1.90. The second-order valence-electron chi connectivity index (χ2n) is 4.25. The maximum Gasteiger partial charge on any atom is 0.294 e. The van der Waals surface area contributed by atoms with E-state index in [2.05, 4.69) is 10.3 Å². The average molecular weight is 264 g/mol. The first kappa shape index (κ1) is 13.4. The van der Waals surface area contributed by atoms with Gasteiger partial charge in [-0.05, 0) is 31.0 Å². The summed E-state index contributed by atoms with van der Waals surface area (Å²) in [6.07, 6.45) is 1.38. The summed E-state index contributed by atoms with van der Waals surface area (Å²) < 4.78 is 24.0. The second-order valence-corrected chi connectivity index (χ2v) is 4.25. The van der Waals surface area contributed by atoms with Crippen LogP contribution in [0.5, 0.6) is 5.75 Å². The monoisotopic (exact) mass is 264 g/mol. The Balaban J connectivity index is 2.05. The standard InChI is InChI=1S/C14H17FN2O2/c1-9-12(19-14(16-2)17-9)6-4-10-5-7-13(18-3)11(15)8-10/h5,7-8H,4,6H2,1-3H3,(H,16,17). The van der Waals surface area contributed by atoms with E-state index in [-0.39, 0.29) is 11.6 Å². The van der Waals surface area contributed by atoms with Crippen molar-refractivity contribution < 1.29 is 13.5 Å². The van der Waals surface area contributed by atoms with Crippen molar-refractivity contribution in [2.45, 2.75) is 19.8 Å². The van der Waals surface area contributed by atoms with E-state index in [1.165, 1.54) is 13.2 Å². The molecule has 0 spiro atoms. The quantitative estimate of drug-likeness (QED) is 0.902. The smallest absolute Gasteiger partial charge is 0.294 e. The zero-order valence-corrected chi connectivity index (χ0v) is 11.3. The number of oxazole rings is 1. The molecule has 0 saturated heterocycles. The van der Waals surface area contributed by atoms with E-state index in [0.29, 0.717) is 18.9 Å². The summed E-state index contributed by atoms with van der Waals surface area (Å²) in [5.41, 5.74) is 1.76. The highest BCUT2D eigenvalue weighted by Crippen LogP contribution is 2.20. The lowest BCUT2D eigenvalue weighted by Crippen LogP contribution is -1.94. The third-order valence-corrected chi connectivity index (χ3v) is 2.96. The Morgan fingerprint density at radius 2 is 2.16 bits per heavy atom. The summed E-state index contributed by atoms with van der Waals surface area (Å²) >= 11 is 0. The van der Waals surface area contributed by atoms with E-state index >= 15 is 0 Å². The minimum absolute atomic E-state index is 0.261. The predicted octanol–water partition coefficient (Wildman–Crippen LogP) is 2.96. The van der Waals surface area contributed by atoms with Gasteiger partial charge in [-0.1, -0.05) is 6.07 Å². The molecule has 4 nitrogen and oxygen atoms in total. The fraction of sp³-hybridized carbons (Fsp3) is 0.357. The molecule has 0 saturated carbocycles. The zero-order valence-electron chi connectivity index (χ0n) is 11.3. The third kappa shape index (κ3) is 3.05. The molecule has 0 radical (unpaired) electrons. The number of halogens is 1. The fourth-order valence-corrected chi connectivity index (χ4v) is 1.89. The van der Waals surface area contributed by atoms with Gasteiger partial charge in [0, 0.05) is 13.5 Å². The van der Waals surface area contributed by atoms with E-state index < -0.39 is 0 Å². The molecular formula is C14H17FN2O2. The second kappa shape index (κ2) is 5.73. The van der Waals surface area contributed by atoms with Gasteiger partial charge >= 0.3 is 0 Å². The molecule has 2 aromatic rings. The molecule has 5 heteroatoms. The van der Waals surface area contributed by atoms with E-state index in [0.717, 1.165) is 17.0 Å². The number of aromatic nitrogens is 1. The lowest BCUT2D eigenvalue weighted by molar-refractivity contribution is 0.386. The molecule has 0 aliphatic heterocycles. The van der Waals surface area contributed by atoms with Gasteiger partial charge in [0.25, 0.3) is 6.01 Å². The summed E-state index contributed by atoms with van der Waals surface area (Å²) in [7, 11) is 3.21. The predicted molar refractivity (Wildman–Crippen MR) is 71.1 cm³/mol. The molecule has 0 bridgehead atoms. The largest absolute Gasteiger partial charge is 0.494 e. The van der Waals surface area contributed by atoms with Crippen molar-refractivity contribution in [3.8, 4) is 5.75 Å². The van der Waals surface area contributed by atoms with E-state index in [9.17, 15) is 4.39 Å². The summed E-state index contributed by atoms with van der Waals surface area (Å²) in [5, 5.41) is 2.86. The Morgan fingerprint density at radius 1 is 1.37 bits per heavy atom. The highest BCUT2D eigenvalue weighted by atomic mass is 19.1. The van der Waals surface area contributed by atoms with Crippen molar-refractivity contribution in [2.75, 3.05) is 19.5 Å². The topological polar surface area (TPSA) is 47.3 Å². The van der Waals surface area contributed by atoms with Crippen LogP contribution in [-0.2, 0) is 12.8 Å². The highest BCUT2D eigenvalue weighted by molar-refractivity contribution is 5.30. The molecule has 0 aliphatic carbocycles. The maximum absolute atomic E-state index is 13.5. The molecule has 0 atom stereocenters. The van der Waals surface area contributed by atoms with Crippen molar-refractivity contribution in [1.29, 1.82) is 0 Å². The van der Waals surface area contributed by atoms with Crippen LogP contribution in [0.1, 0.15) is 17.0 Å². The van der Waals surface area contributed by atoms with Crippen LogP contribution in [0.3, 0.4) is 0 Å². The van der Waals surface area contributed by atoms with Gasteiger partial charge in [0.15, 0.2) is 11.6 Å². The number of nitrogens with one attached hydrogen (secondary N) is 1. The number of rotatable bonds is 5. The van der Waals surface area contributed by atoms with Crippen molar-refractivity contribution in [3.63, 3.8) is 0 Å². The molecule has 1 aromatic heterocycles. The Labute approximate surface area is 111 Å². The number of methoxy groups -OCH3 is 1. The lowest BCUT2D eigenvalue weighted by Gasteiger charge is -2.04. The highest BCUT2D eigenvalue weighted by Gasteiger charge is 2.09. The number of ether oxygens (including phenoxy) is 1. The minimum Gasteiger partial charge on any atom is -0.494 e.